The maximum absolute atomic E-state index is 13.5. The lowest BCUT2D eigenvalue weighted by molar-refractivity contribution is 0.0591. The molecule has 0 aliphatic carbocycles. The minimum atomic E-state index is -0.221. The molecule has 2 bridgehead atoms. The van der Waals surface area contributed by atoms with E-state index in [-0.39, 0.29) is 34.4 Å². The molecular weight excluding hydrogens is 382 g/mol. The van der Waals surface area contributed by atoms with Crippen LogP contribution in [0.3, 0.4) is 0 Å². The highest BCUT2D eigenvalue weighted by atomic mass is 16.5. The minimum absolute atomic E-state index is 0.0234. The van der Waals surface area contributed by atoms with Crippen LogP contribution >= 0.6 is 0 Å². The molecule has 1 amide bonds. The zero-order valence-electron chi connectivity index (χ0n) is 17.9. The maximum atomic E-state index is 13.5. The molecule has 2 aliphatic rings. The summed E-state index contributed by atoms with van der Waals surface area (Å²) in [5.41, 5.74) is 2.64. The van der Waals surface area contributed by atoms with Crippen LogP contribution in [0.25, 0.3) is 0 Å². The first kappa shape index (κ1) is 20.6. The number of nitrogens with zero attached hydrogens (tertiary/aromatic N) is 3. The average molecular weight is 412 g/mol. The van der Waals surface area contributed by atoms with Crippen molar-refractivity contribution in [3.63, 3.8) is 0 Å². The number of ether oxygens (including phenoxy) is 1. The van der Waals surface area contributed by atoms with Crippen LogP contribution in [0.4, 0.5) is 0 Å². The number of hydrogen-bond acceptors (Lipinski definition) is 4. The number of fused-ring (bicyclic) bond motifs is 4. The first-order valence-corrected chi connectivity index (χ1v) is 10.6. The van der Waals surface area contributed by atoms with Crippen LogP contribution in [-0.2, 0) is 17.8 Å². The molecule has 1 saturated heterocycles. The standard InChI is InChI=1S/C23H29N3O4/c1-15-10-16(2)25(8-5-9-30-3)23(29)21(15)22(28)24-12-17-11-18(14-24)19-6-4-7-20(27)26(19)13-17/h4,6-7,10,17-18H,5,8-9,11-14H2,1-3H3. The van der Waals surface area contributed by atoms with Crippen molar-refractivity contribution >= 4 is 5.91 Å². The van der Waals surface area contributed by atoms with Gasteiger partial charge in [0.1, 0.15) is 5.56 Å². The van der Waals surface area contributed by atoms with Crippen molar-refractivity contribution < 1.29 is 9.53 Å². The molecule has 2 aromatic rings. The fourth-order valence-corrected chi connectivity index (χ4v) is 5.05. The molecule has 4 rings (SSSR count). The predicted molar refractivity (Wildman–Crippen MR) is 114 cm³/mol. The topological polar surface area (TPSA) is 73.5 Å². The number of amides is 1. The Kier molecular flexibility index (Phi) is 5.64. The Balaban J connectivity index is 1.64. The molecule has 0 N–H and O–H groups in total. The number of rotatable bonds is 5. The molecule has 2 aliphatic heterocycles. The van der Waals surface area contributed by atoms with Crippen molar-refractivity contribution in [1.82, 2.24) is 14.0 Å². The Morgan fingerprint density at radius 1 is 1.17 bits per heavy atom. The molecule has 7 heteroatoms. The molecule has 0 spiro atoms. The van der Waals surface area contributed by atoms with Gasteiger partial charge in [-0.2, -0.15) is 0 Å². The maximum Gasteiger partial charge on any atom is 0.263 e. The lowest BCUT2D eigenvalue weighted by Gasteiger charge is -2.42. The molecule has 2 aromatic heterocycles. The van der Waals surface area contributed by atoms with Gasteiger partial charge in [-0.15, -0.1) is 0 Å². The van der Waals surface area contributed by atoms with Crippen LogP contribution < -0.4 is 11.1 Å². The molecule has 0 aromatic carbocycles. The second-order valence-corrected chi connectivity index (χ2v) is 8.56. The number of hydrogen-bond donors (Lipinski definition) is 0. The molecule has 160 valence electrons. The zero-order valence-corrected chi connectivity index (χ0v) is 17.9. The number of carbonyl (C=O) groups excluding carboxylic acids is 1. The molecule has 0 radical (unpaired) electrons. The van der Waals surface area contributed by atoms with Gasteiger partial charge in [0.25, 0.3) is 17.0 Å². The van der Waals surface area contributed by atoms with E-state index in [2.05, 4.69) is 0 Å². The summed E-state index contributed by atoms with van der Waals surface area (Å²) in [5, 5.41) is 0. The van der Waals surface area contributed by atoms with Gasteiger partial charge in [0.15, 0.2) is 0 Å². The van der Waals surface area contributed by atoms with E-state index in [0.717, 1.165) is 23.4 Å². The monoisotopic (exact) mass is 411 g/mol. The lowest BCUT2D eigenvalue weighted by Crippen LogP contribution is -2.50. The highest BCUT2D eigenvalue weighted by Gasteiger charge is 2.37. The largest absolute Gasteiger partial charge is 0.385 e. The van der Waals surface area contributed by atoms with Crippen molar-refractivity contribution in [3.05, 3.63) is 67.5 Å². The number of pyridine rings is 2. The molecule has 7 nitrogen and oxygen atoms in total. The van der Waals surface area contributed by atoms with Gasteiger partial charge in [-0.05, 0) is 50.3 Å². The van der Waals surface area contributed by atoms with Gasteiger partial charge < -0.3 is 18.8 Å². The van der Waals surface area contributed by atoms with Crippen molar-refractivity contribution in [2.45, 2.75) is 45.7 Å². The van der Waals surface area contributed by atoms with E-state index >= 15 is 0 Å². The van der Waals surface area contributed by atoms with E-state index in [1.54, 1.807) is 23.8 Å². The van der Waals surface area contributed by atoms with Crippen molar-refractivity contribution in [2.75, 3.05) is 26.8 Å². The van der Waals surface area contributed by atoms with Crippen LogP contribution in [-0.4, -0.2) is 46.7 Å². The van der Waals surface area contributed by atoms with Crippen LogP contribution in [0.15, 0.2) is 33.9 Å². The van der Waals surface area contributed by atoms with Crippen molar-refractivity contribution in [1.29, 1.82) is 0 Å². The average Bonchev–Trinajstić information content (AvgIpc) is 2.71. The lowest BCUT2D eigenvalue weighted by atomic mass is 9.83. The SMILES string of the molecule is COCCCn1c(C)cc(C)c(C(=O)N2CC3CC(C2)c2cccc(=O)n2C3)c1=O. The Morgan fingerprint density at radius 2 is 1.97 bits per heavy atom. The van der Waals surface area contributed by atoms with Gasteiger partial charge in [0, 0.05) is 63.3 Å². The summed E-state index contributed by atoms with van der Waals surface area (Å²) >= 11 is 0. The van der Waals surface area contributed by atoms with E-state index in [9.17, 15) is 14.4 Å². The van der Waals surface area contributed by atoms with Crippen LogP contribution in [0.5, 0.6) is 0 Å². The van der Waals surface area contributed by atoms with Gasteiger partial charge in [0.05, 0.1) is 0 Å². The summed E-state index contributed by atoms with van der Waals surface area (Å²) in [6, 6.07) is 7.28. The summed E-state index contributed by atoms with van der Waals surface area (Å²) in [6.07, 6.45) is 1.69. The third-order valence-corrected chi connectivity index (χ3v) is 6.42. The summed E-state index contributed by atoms with van der Waals surface area (Å²) in [5.74, 6) is 0.166. The number of aromatic nitrogens is 2. The molecule has 2 atom stereocenters. The first-order valence-electron chi connectivity index (χ1n) is 10.6. The summed E-state index contributed by atoms with van der Waals surface area (Å²) in [4.78, 5) is 40.7. The number of piperidine rings is 1. The highest BCUT2D eigenvalue weighted by Crippen LogP contribution is 2.35. The smallest absolute Gasteiger partial charge is 0.263 e. The molecule has 1 fully saturated rings. The second-order valence-electron chi connectivity index (χ2n) is 8.56. The normalized spacial score (nSPS) is 20.2. The second kappa shape index (κ2) is 8.22. The Hall–Kier alpha value is -2.67. The van der Waals surface area contributed by atoms with E-state index in [1.165, 1.54) is 0 Å². The van der Waals surface area contributed by atoms with Gasteiger partial charge in [-0.1, -0.05) is 6.07 Å². The predicted octanol–water partition coefficient (Wildman–Crippen LogP) is 1.92. The van der Waals surface area contributed by atoms with Gasteiger partial charge in [0.2, 0.25) is 0 Å². The third kappa shape index (κ3) is 3.62. The molecule has 30 heavy (non-hydrogen) atoms. The zero-order chi connectivity index (χ0) is 21.4. The number of carbonyl (C=O) groups is 1. The fourth-order valence-electron chi connectivity index (χ4n) is 5.05. The first-order chi connectivity index (χ1) is 14.4. The number of methoxy groups -OCH3 is 1. The molecular formula is C23H29N3O4. The van der Waals surface area contributed by atoms with Crippen LogP contribution in [0, 0.1) is 19.8 Å². The van der Waals surface area contributed by atoms with E-state index in [0.29, 0.717) is 39.2 Å². The highest BCUT2D eigenvalue weighted by molar-refractivity contribution is 5.95. The Morgan fingerprint density at radius 3 is 2.73 bits per heavy atom. The Labute approximate surface area is 175 Å². The number of aryl methyl sites for hydroxylation is 2. The third-order valence-electron chi connectivity index (χ3n) is 6.42. The minimum Gasteiger partial charge on any atom is -0.385 e. The number of likely N-dealkylation sites (tertiary alicyclic amines) is 1. The van der Waals surface area contributed by atoms with Gasteiger partial charge >= 0.3 is 0 Å². The Bertz CT molecular complexity index is 1080. The van der Waals surface area contributed by atoms with Crippen molar-refractivity contribution in [2.24, 2.45) is 5.92 Å². The van der Waals surface area contributed by atoms with E-state index in [1.807, 2.05) is 35.4 Å². The molecule has 4 heterocycles. The molecule has 2 unspecified atom stereocenters. The fraction of sp³-hybridized carbons (Fsp3) is 0.522. The molecule has 0 saturated carbocycles. The quantitative estimate of drug-likeness (QED) is 0.705. The van der Waals surface area contributed by atoms with Crippen molar-refractivity contribution in [3.8, 4) is 0 Å². The summed E-state index contributed by atoms with van der Waals surface area (Å²) in [6.45, 7) is 6.57. The van der Waals surface area contributed by atoms with E-state index < -0.39 is 0 Å². The van der Waals surface area contributed by atoms with E-state index in [4.69, 9.17) is 4.74 Å². The van der Waals surface area contributed by atoms with Gasteiger partial charge in [-0.3, -0.25) is 14.4 Å². The summed E-state index contributed by atoms with van der Waals surface area (Å²) in [7, 11) is 1.64. The van der Waals surface area contributed by atoms with Gasteiger partial charge in [-0.25, -0.2) is 0 Å². The van der Waals surface area contributed by atoms with Crippen LogP contribution in [0.1, 0.15) is 46.1 Å². The van der Waals surface area contributed by atoms with Crippen LogP contribution in [0.2, 0.25) is 0 Å². The summed E-state index contributed by atoms with van der Waals surface area (Å²) < 4.78 is 8.63.